The van der Waals surface area contributed by atoms with E-state index in [1.807, 2.05) is 26.0 Å². The van der Waals surface area contributed by atoms with Crippen LogP contribution < -0.4 is 0 Å². The van der Waals surface area contributed by atoms with E-state index in [0.29, 0.717) is 0 Å². The van der Waals surface area contributed by atoms with Crippen LogP contribution >= 0.6 is 0 Å². The summed E-state index contributed by atoms with van der Waals surface area (Å²) in [7, 11) is 7.62. The highest BCUT2D eigenvalue weighted by Crippen LogP contribution is 2.19. The summed E-state index contributed by atoms with van der Waals surface area (Å²) in [6, 6.07) is 0. The fourth-order valence-electron chi connectivity index (χ4n) is 1.19. The van der Waals surface area contributed by atoms with Crippen LogP contribution in [-0.2, 0) is 0 Å². The van der Waals surface area contributed by atoms with Gasteiger partial charge in [0, 0.05) is 18.7 Å². The summed E-state index contributed by atoms with van der Waals surface area (Å²) < 4.78 is 0. The Labute approximate surface area is 95.1 Å². The first kappa shape index (κ1) is 14.0. The Morgan fingerprint density at radius 2 is 1.87 bits per heavy atom. The highest BCUT2D eigenvalue weighted by molar-refractivity contribution is 6.25. The molecule has 0 unspecified atom stereocenters. The van der Waals surface area contributed by atoms with Crippen molar-refractivity contribution in [2.75, 3.05) is 7.05 Å². The van der Waals surface area contributed by atoms with Crippen LogP contribution in [0.2, 0.25) is 0 Å². The summed E-state index contributed by atoms with van der Waals surface area (Å²) in [5.74, 6) is 0. The van der Waals surface area contributed by atoms with Gasteiger partial charge in [-0.05, 0) is 19.4 Å². The molecule has 0 heterocycles. The molecule has 0 aromatic rings. The number of aliphatic imine (C=N–C) groups is 1. The van der Waals surface area contributed by atoms with Crippen molar-refractivity contribution in [3.05, 3.63) is 35.3 Å². The molecule has 0 bridgehead atoms. The minimum Gasteiger partial charge on any atom is -0.296 e. The molecule has 0 atom stereocenters. The molecule has 2 heteroatoms. The summed E-state index contributed by atoms with van der Waals surface area (Å²) >= 11 is 0. The van der Waals surface area contributed by atoms with Crippen LogP contribution in [0.5, 0.6) is 0 Å². The summed E-state index contributed by atoms with van der Waals surface area (Å²) in [6.07, 6.45) is 9.99. The second-order valence-corrected chi connectivity index (χ2v) is 4.18. The lowest BCUT2D eigenvalue weighted by atomic mass is 9.86. The summed E-state index contributed by atoms with van der Waals surface area (Å²) in [4.78, 5) is 3.93. The molecule has 0 aromatic heterocycles. The van der Waals surface area contributed by atoms with E-state index in [2.05, 4.69) is 31.0 Å². The second-order valence-electron chi connectivity index (χ2n) is 4.18. The summed E-state index contributed by atoms with van der Waals surface area (Å²) in [5, 5.41) is 0. The van der Waals surface area contributed by atoms with Crippen molar-refractivity contribution in [1.82, 2.24) is 0 Å². The molecule has 0 N–H and O–H groups in total. The van der Waals surface area contributed by atoms with Crippen LogP contribution in [0.4, 0.5) is 0 Å². The second kappa shape index (κ2) is 6.44. The van der Waals surface area contributed by atoms with E-state index in [0.717, 1.165) is 11.0 Å². The quantitative estimate of drug-likeness (QED) is 0.286. The molecule has 0 aliphatic heterocycles. The molecule has 1 nitrogen and oxygen atoms in total. The number of allylic oxidation sites excluding steroid dienone is 6. The third-order valence-electron chi connectivity index (χ3n) is 2.07. The molecule has 0 spiro atoms. The standard InChI is InChI=1S/C13H20BN/c1-6-8-13(3,4)9-7-12(14)11(2)10-15-5/h6-10H,1-5H3/b8-6+,9-7-,12-11+,15-10?. The molecule has 15 heavy (non-hydrogen) atoms. The third kappa shape index (κ3) is 6.11. The SMILES string of the molecule is [B]C(/C=C\C(C)(C)/C=C/C)=C(\C)C=NC. The van der Waals surface area contributed by atoms with E-state index in [9.17, 15) is 0 Å². The Hall–Kier alpha value is -1.05. The zero-order valence-electron chi connectivity index (χ0n) is 10.4. The normalized spacial score (nSPS) is 15.5. The zero-order chi connectivity index (χ0) is 11.9. The minimum atomic E-state index is 0.0447. The summed E-state index contributed by atoms with van der Waals surface area (Å²) in [5.41, 5.74) is 1.80. The average Bonchev–Trinajstić information content (AvgIpc) is 2.14. The maximum absolute atomic E-state index is 5.88. The first-order valence-electron chi connectivity index (χ1n) is 5.14. The van der Waals surface area contributed by atoms with Crippen molar-refractivity contribution in [1.29, 1.82) is 0 Å². The van der Waals surface area contributed by atoms with E-state index in [-0.39, 0.29) is 5.41 Å². The van der Waals surface area contributed by atoms with Crippen molar-refractivity contribution in [2.45, 2.75) is 27.7 Å². The highest BCUT2D eigenvalue weighted by Gasteiger charge is 2.07. The first-order chi connectivity index (χ1) is 6.93. The monoisotopic (exact) mass is 201 g/mol. The topological polar surface area (TPSA) is 12.4 Å². The van der Waals surface area contributed by atoms with Crippen LogP contribution in [0.25, 0.3) is 0 Å². The molecular formula is C13H20BN. The molecule has 0 aromatic carbocycles. The molecule has 0 amide bonds. The molecule has 0 aliphatic rings. The van der Waals surface area contributed by atoms with E-state index < -0.39 is 0 Å². The maximum atomic E-state index is 5.88. The van der Waals surface area contributed by atoms with Crippen LogP contribution in [-0.4, -0.2) is 21.1 Å². The van der Waals surface area contributed by atoms with Gasteiger partial charge in [-0.15, -0.1) is 0 Å². The van der Waals surface area contributed by atoms with Gasteiger partial charge in [0.2, 0.25) is 0 Å². The fraction of sp³-hybridized carbons (Fsp3) is 0.462. The van der Waals surface area contributed by atoms with Crippen LogP contribution in [0.1, 0.15) is 27.7 Å². The molecule has 0 aliphatic carbocycles. The van der Waals surface area contributed by atoms with Gasteiger partial charge in [-0.3, -0.25) is 4.99 Å². The minimum absolute atomic E-state index is 0.0447. The van der Waals surface area contributed by atoms with Crippen LogP contribution in [0.3, 0.4) is 0 Å². The molecule has 0 saturated carbocycles. The first-order valence-corrected chi connectivity index (χ1v) is 5.14. The lowest BCUT2D eigenvalue weighted by Gasteiger charge is -2.14. The van der Waals surface area contributed by atoms with E-state index in [4.69, 9.17) is 7.85 Å². The van der Waals surface area contributed by atoms with Gasteiger partial charge >= 0.3 is 0 Å². The number of hydrogen-bond donors (Lipinski definition) is 0. The molecular weight excluding hydrogens is 181 g/mol. The van der Waals surface area contributed by atoms with Gasteiger partial charge in [-0.25, -0.2) is 0 Å². The number of rotatable bonds is 4. The lowest BCUT2D eigenvalue weighted by molar-refractivity contribution is 0.625. The Balaban J connectivity index is 4.73. The van der Waals surface area contributed by atoms with E-state index in [1.165, 1.54) is 0 Å². The van der Waals surface area contributed by atoms with Gasteiger partial charge in [0.1, 0.15) is 7.85 Å². The van der Waals surface area contributed by atoms with Gasteiger partial charge in [-0.2, -0.15) is 0 Å². The third-order valence-corrected chi connectivity index (χ3v) is 2.07. The Kier molecular flexibility index (Phi) is 5.99. The zero-order valence-corrected chi connectivity index (χ0v) is 10.4. The predicted molar refractivity (Wildman–Crippen MR) is 70.6 cm³/mol. The van der Waals surface area contributed by atoms with Crippen molar-refractivity contribution in [3.8, 4) is 0 Å². The maximum Gasteiger partial charge on any atom is 0.114 e. The van der Waals surface area contributed by atoms with Gasteiger partial charge in [0.05, 0.1) is 0 Å². The molecule has 0 rings (SSSR count). The smallest absolute Gasteiger partial charge is 0.114 e. The predicted octanol–water partition coefficient (Wildman–Crippen LogP) is 3.29. The van der Waals surface area contributed by atoms with Crippen molar-refractivity contribution in [3.63, 3.8) is 0 Å². The highest BCUT2D eigenvalue weighted by atomic mass is 14.6. The molecule has 2 radical (unpaired) electrons. The summed E-state index contributed by atoms with van der Waals surface area (Å²) in [6.45, 7) is 8.25. The van der Waals surface area contributed by atoms with Crippen molar-refractivity contribution >= 4 is 14.1 Å². The van der Waals surface area contributed by atoms with Crippen LogP contribution in [0.15, 0.2) is 40.3 Å². The van der Waals surface area contributed by atoms with Gasteiger partial charge < -0.3 is 0 Å². The molecule has 0 saturated heterocycles. The number of hydrogen-bond acceptors (Lipinski definition) is 1. The fourth-order valence-corrected chi connectivity index (χ4v) is 1.19. The van der Waals surface area contributed by atoms with E-state index in [1.54, 1.807) is 13.3 Å². The van der Waals surface area contributed by atoms with Gasteiger partial charge in [0.15, 0.2) is 0 Å². The Morgan fingerprint density at radius 1 is 1.27 bits per heavy atom. The Bertz CT molecular complexity index is 306. The Morgan fingerprint density at radius 3 is 2.33 bits per heavy atom. The average molecular weight is 201 g/mol. The van der Waals surface area contributed by atoms with Crippen molar-refractivity contribution < 1.29 is 0 Å². The lowest BCUT2D eigenvalue weighted by Crippen LogP contribution is -2.02. The van der Waals surface area contributed by atoms with Gasteiger partial charge in [-0.1, -0.05) is 43.6 Å². The van der Waals surface area contributed by atoms with Crippen LogP contribution in [0, 0.1) is 5.41 Å². The van der Waals surface area contributed by atoms with Gasteiger partial charge in [0.25, 0.3) is 0 Å². The largest absolute Gasteiger partial charge is 0.296 e. The number of nitrogens with zero attached hydrogens (tertiary/aromatic N) is 1. The molecule has 80 valence electrons. The molecule has 0 fully saturated rings. The van der Waals surface area contributed by atoms with Crippen molar-refractivity contribution in [2.24, 2.45) is 10.4 Å². The van der Waals surface area contributed by atoms with E-state index >= 15 is 0 Å².